The second kappa shape index (κ2) is 6.16. The first-order valence-electron chi connectivity index (χ1n) is 10.3. The molecule has 6 rings (SSSR count). The molecule has 1 atom stereocenters. The zero-order valence-corrected chi connectivity index (χ0v) is 16.3. The molecule has 0 spiro atoms. The highest BCUT2D eigenvalue weighted by atomic mass is 16.2. The van der Waals surface area contributed by atoms with Gasteiger partial charge in [-0.2, -0.15) is 4.68 Å². The van der Waals surface area contributed by atoms with E-state index in [4.69, 9.17) is 10.7 Å². The Balaban J connectivity index is 1.81. The summed E-state index contributed by atoms with van der Waals surface area (Å²) in [6, 6.07) is 16.2. The van der Waals surface area contributed by atoms with Crippen LogP contribution in [0.15, 0.2) is 64.2 Å². The average molecular weight is 396 g/mol. The first kappa shape index (κ1) is 17.2. The molecule has 0 saturated heterocycles. The van der Waals surface area contributed by atoms with E-state index in [0.717, 1.165) is 48.1 Å². The number of nitrogens with zero attached hydrogens (tertiary/aromatic N) is 3. The number of hydrogen-bond donors (Lipinski definition) is 1. The highest BCUT2D eigenvalue weighted by Crippen LogP contribution is 2.41. The number of rotatable bonds is 1. The number of aryl methyl sites for hydroxylation is 1. The molecule has 2 N–H and O–H groups in total. The van der Waals surface area contributed by atoms with Gasteiger partial charge in [-0.05, 0) is 48.9 Å². The van der Waals surface area contributed by atoms with Crippen molar-refractivity contribution >= 4 is 16.5 Å². The molecule has 1 aliphatic carbocycles. The minimum absolute atomic E-state index is 0.213. The topological polar surface area (TPSA) is 82.9 Å². The second-order valence-corrected chi connectivity index (χ2v) is 8.02. The van der Waals surface area contributed by atoms with E-state index >= 15 is 0 Å². The molecule has 30 heavy (non-hydrogen) atoms. The number of nitrogens with two attached hydrogens (primary N) is 1. The lowest BCUT2D eigenvalue weighted by Crippen LogP contribution is -2.36. The molecule has 0 amide bonds. The molecule has 3 heterocycles. The van der Waals surface area contributed by atoms with Gasteiger partial charge >= 0.3 is 0 Å². The van der Waals surface area contributed by atoms with Crippen LogP contribution in [0.4, 0.5) is 5.69 Å². The van der Waals surface area contributed by atoms with Gasteiger partial charge in [0.2, 0.25) is 0 Å². The zero-order chi connectivity index (χ0) is 20.4. The lowest BCUT2D eigenvalue weighted by Gasteiger charge is -2.21. The van der Waals surface area contributed by atoms with Gasteiger partial charge in [-0.3, -0.25) is 9.59 Å². The Kier molecular flexibility index (Phi) is 3.53. The van der Waals surface area contributed by atoms with Crippen LogP contribution in [-0.4, -0.2) is 14.3 Å². The summed E-state index contributed by atoms with van der Waals surface area (Å²) in [5.41, 5.74) is 10.6. The molecule has 6 nitrogen and oxygen atoms in total. The molecule has 4 aromatic rings. The first-order valence-corrected chi connectivity index (χ1v) is 10.3. The van der Waals surface area contributed by atoms with Crippen LogP contribution in [0.25, 0.3) is 16.6 Å². The number of aromatic nitrogens is 3. The third-order valence-electron chi connectivity index (χ3n) is 6.37. The minimum atomic E-state index is -0.481. The minimum Gasteiger partial charge on any atom is -0.398 e. The normalized spacial score (nSPS) is 16.9. The summed E-state index contributed by atoms with van der Waals surface area (Å²) in [5.74, 6) is 0.495. The van der Waals surface area contributed by atoms with Crippen molar-refractivity contribution in [2.75, 3.05) is 5.73 Å². The van der Waals surface area contributed by atoms with Crippen molar-refractivity contribution in [1.29, 1.82) is 0 Å². The molecular formula is C24H20N4O2. The van der Waals surface area contributed by atoms with Gasteiger partial charge in [0.1, 0.15) is 6.04 Å². The molecular weight excluding hydrogens is 376 g/mol. The van der Waals surface area contributed by atoms with E-state index in [1.807, 2.05) is 30.3 Å². The third-order valence-corrected chi connectivity index (χ3v) is 6.37. The van der Waals surface area contributed by atoms with Gasteiger partial charge in [0, 0.05) is 16.9 Å². The van der Waals surface area contributed by atoms with Gasteiger partial charge in [0.05, 0.1) is 10.8 Å². The highest BCUT2D eigenvalue weighted by Gasteiger charge is 2.37. The SMILES string of the molecule is Nc1c2c(nc3c1C(c1ccccc1)n1c(=O)c4ccccc4c(=O)n1-3)CCCC2. The fraction of sp³-hybridized carbons (Fsp3) is 0.208. The number of pyridine rings is 1. The Labute approximate surface area is 172 Å². The zero-order valence-electron chi connectivity index (χ0n) is 16.3. The van der Waals surface area contributed by atoms with E-state index in [2.05, 4.69) is 0 Å². The summed E-state index contributed by atoms with van der Waals surface area (Å²) in [6.07, 6.45) is 3.85. The summed E-state index contributed by atoms with van der Waals surface area (Å²) < 4.78 is 2.99. The Morgan fingerprint density at radius 2 is 1.53 bits per heavy atom. The molecule has 1 unspecified atom stereocenters. The molecule has 2 aromatic carbocycles. The maximum atomic E-state index is 13.6. The van der Waals surface area contributed by atoms with Crippen molar-refractivity contribution in [3.05, 3.63) is 97.7 Å². The third kappa shape index (κ3) is 2.16. The van der Waals surface area contributed by atoms with Gasteiger partial charge in [-0.1, -0.05) is 42.5 Å². The Morgan fingerprint density at radius 1 is 0.867 bits per heavy atom. The van der Waals surface area contributed by atoms with Crippen LogP contribution < -0.4 is 16.9 Å². The van der Waals surface area contributed by atoms with Gasteiger partial charge in [0.25, 0.3) is 11.1 Å². The predicted molar refractivity (Wildman–Crippen MR) is 116 cm³/mol. The Hall–Kier alpha value is -3.67. The highest BCUT2D eigenvalue weighted by molar-refractivity contribution is 5.81. The predicted octanol–water partition coefficient (Wildman–Crippen LogP) is 2.96. The van der Waals surface area contributed by atoms with E-state index < -0.39 is 6.04 Å². The summed E-state index contributed by atoms with van der Waals surface area (Å²) in [7, 11) is 0. The monoisotopic (exact) mass is 396 g/mol. The standard InChI is InChI=1S/C24H20N4O2/c25-20-17-12-6-7-13-18(17)26-22-19(20)21(14-8-2-1-3-9-14)27-23(29)15-10-4-5-11-16(15)24(30)28(22)27/h1-5,8-11,21H,6-7,12-13H2,(H2,25,26). The fourth-order valence-corrected chi connectivity index (χ4v) is 4.98. The number of fused-ring (bicyclic) bond motifs is 5. The molecule has 1 aliphatic heterocycles. The van der Waals surface area contributed by atoms with Gasteiger partial charge in [-0.15, -0.1) is 0 Å². The van der Waals surface area contributed by atoms with Crippen LogP contribution >= 0.6 is 0 Å². The summed E-state index contributed by atoms with van der Waals surface area (Å²) in [4.78, 5) is 32.0. The van der Waals surface area contributed by atoms with Gasteiger partial charge in [0.15, 0.2) is 5.82 Å². The van der Waals surface area contributed by atoms with Gasteiger partial charge < -0.3 is 5.73 Å². The number of anilines is 1. The molecule has 0 fully saturated rings. The lowest BCUT2D eigenvalue weighted by atomic mass is 9.90. The van der Waals surface area contributed by atoms with Gasteiger partial charge in [-0.25, -0.2) is 9.67 Å². The van der Waals surface area contributed by atoms with E-state index in [9.17, 15) is 9.59 Å². The molecule has 2 aliphatic rings. The van der Waals surface area contributed by atoms with Crippen molar-refractivity contribution in [1.82, 2.24) is 14.3 Å². The second-order valence-electron chi connectivity index (χ2n) is 8.02. The van der Waals surface area contributed by atoms with E-state index in [0.29, 0.717) is 22.3 Å². The number of nitrogen functional groups attached to an aromatic ring is 1. The molecule has 0 bridgehead atoms. The first-order chi connectivity index (χ1) is 14.7. The summed E-state index contributed by atoms with van der Waals surface area (Å²) >= 11 is 0. The smallest absolute Gasteiger partial charge is 0.279 e. The molecule has 0 saturated carbocycles. The van der Waals surface area contributed by atoms with Crippen LogP contribution in [0.3, 0.4) is 0 Å². The lowest BCUT2D eigenvalue weighted by molar-refractivity contribution is 0.540. The largest absolute Gasteiger partial charge is 0.398 e. The molecule has 6 heteroatoms. The summed E-state index contributed by atoms with van der Waals surface area (Å²) in [6.45, 7) is 0. The maximum absolute atomic E-state index is 13.6. The van der Waals surface area contributed by atoms with Crippen LogP contribution in [0.2, 0.25) is 0 Å². The van der Waals surface area contributed by atoms with Crippen LogP contribution in [-0.2, 0) is 12.8 Å². The average Bonchev–Trinajstić information content (AvgIpc) is 3.14. The van der Waals surface area contributed by atoms with Crippen molar-refractivity contribution in [3.63, 3.8) is 0 Å². The maximum Gasteiger partial charge on any atom is 0.279 e. The fourth-order valence-electron chi connectivity index (χ4n) is 4.98. The van der Waals surface area contributed by atoms with E-state index in [-0.39, 0.29) is 11.1 Å². The number of benzene rings is 2. The molecule has 0 radical (unpaired) electrons. The Morgan fingerprint density at radius 3 is 2.30 bits per heavy atom. The van der Waals surface area contributed by atoms with Crippen molar-refractivity contribution in [2.45, 2.75) is 31.7 Å². The van der Waals surface area contributed by atoms with Crippen LogP contribution in [0.1, 0.15) is 41.3 Å². The van der Waals surface area contributed by atoms with Crippen LogP contribution in [0.5, 0.6) is 0 Å². The summed E-state index contributed by atoms with van der Waals surface area (Å²) in [5, 5.41) is 0.812. The van der Waals surface area contributed by atoms with Crippen LogP contribution in [0, 0.1) is 0 Å². The quantitative estimate of drug-likeness (QED) is 0.472. The number of hydrogen-bond acceptors (Lipinski definition) is 4. The molecule has 2 aromatic heterocycles. The van der Waals surface area contributed by atoms with Crippen molar-refractivity contribution in [2.24, 2.45) is 0 Å². The van der Waals surface area contributed by atoms with E-state index in [1.165, 1.54) is 4.68 Å². The Bertz CT molecular complexity index is 1450. The van der Waals surface area contributed by atoms with E-state index in [1.54, 1.807) is 28.9 Å². The van der Waals surface area contributed by atoms with Crippen molar-refractivity contribution in [3.8, 4) is 5.82 Å². The van der Waals surface area contributed by atoms with Crippen molar-refractivity contribution < 1.29 is 0 Å². The molecule has 148 valence electrons.